The Hall–Kier alpha value is -2.80. The second-order valence-electron chi connectivity index (χ2n) is 4.94. The van der Waals surface area contributed by atoms with Crippen molar-refractivity contribution in [1.82, 2.24) is 14.8 Å². The molecule has 3 aromatic rings. The summed E-state index contributed by atoms with van der Waals surface area (Å²) >= 11 is 6.01. The summed E-state index contributed by atoms with van der Waals surface area (Å²) in [6.07, 6.45) is 1.50. The highest BCUT2D eigenvalue weighted by molar-refractivity contribution is 6.30. The number of rotatable bonds is 4. The maximum Gasteiger partial charge on any atom is 0.359 e. The lowest BCUT2D eigenvalue weighted by Gasteiger charge is -2.10. The number of hydrogen-bond donors (Lipinski definition) is 1. The Balaban J connectivity index is 2.28. The van der Waals surface area contributed by atoms with E-state index < -0.39 is 5.97 Å². The van der Waals surface area contributed by atoms with Gasteiger partial charge in [-0.1, -0.05) is 11.6 Å². The predicted octanol–water partition coefficient (Wildman–Crippen LogP) is 2.84. The molecule has 8 heteroatoms. The van der Waals surface area contributed by atoms with Crippen LogP contribution < -0.4 is 10.5 Å². The van der Waals surface area contributed by atoms with E-state index in [9.17, 15) is 4.79 Å². The summed E-state index contributed by atoms with van der Waals surface area (Å²) in [5.74, 6) is -0.0115. The lowest BCUT2D eigenvalue weighted by molar-refractivity contribution is 0.0521. The van der Waals surface area contributed by atoms with Crippen molar-refractivity contribution in [3.8, 4) is 11.4 Å². The lowest BCUT2D eigenvalue weighted by atomic mass is 10.2. The third-order valence-electron chi connectivity index (χ3n) is 3.43. The fourth-order valence-corrected chi connectivity index (χ4v) is 2.54. The summed E-state index contributed by atoms with van der Waals surface area (Å²) in [5.41, 5.74) is 7.74. The van der Waals surface area contributed by atoms with Crippen molar-refractivity contribution in [3.05, 3.63) is 41.3 Å². The van der Waals surface area contributed by atoms with E-state index in [2.05, 4.69) is 10.1 Å². The van der Waals surface area contributed by atoms with Crippen LogP contribution >= 0.6 is 11.6 Å². The van der Waals surface area contributed by atoms with Gasteiger partial charge in [-0.05, 0) is 19.1 Å². The molecule has 2 aromatic heterocycles. The smallest absolute Gasteiger partial charge is 0.359 e. The number of carbonyl (C=O) groups excluding carboxylic acids is 1. The van der Waals surface area contributed by atoms with E-state index in [1.165, 1.54) is 13.3 Å². The van der Waals surface area contributed by atoms with Crippen molar-refractivity contribution < 1.29 is 14.3 Å². The van der Waals surface area contributed by atoms with E-state index in [0.717, 1.165) is 0 Å². The van der Waals surface area contributed by atoms with Gasteiger partial charge in [-0.25, -0.2) is 14.5 Å². The minimum Gasteiger partial charge on any atom is -0.494 e. The molecule has 0 aliphatic carbocycles. The van der Waals surface area contributed by atoms with E-state index in [-0.39, 0.29) is 17.5 Å². The minimum absolute atomic E-state index is 0.162. The first-order valence-corrected chi connectivity index (χ1v) is 7.58. The number of nitrogen functional groups attached to an aromatic ring is 1. The van der Waals surface area contributed by atoms with Gasteiger partial charge in [0.1, 0.15) is 16.6 Å². The molecule has 0 bridgehead atoms. The fourth-order valence-electron chi connectivity index (χ4n) is 2.39. The zero-order chi connectivity index (χ0) is 17.3. The van der Waals surface area contributed by atoms with Crippen LogP contribution in [-0.2, 0) is 4.74 Å². The van der Waals surface area contributed by atoms with Crippen LogP contribution in [0, 0.1) is 0 Å². The van der Waals surface area contributed by atoms with Crippen molar-refractivity contribution in [1.29, 1.82) is 0 Å². The first kappa shape index (κ1) is 16.1. The number of halogens is 1. The average Bonchev–Trinajstić information content (AvgIpc) is 2.93. The molecular weight excluding hydrogens is 332 g/mol. The molecule has 0 amide bonds. The maximum absolute atomic E-state index is 12.2. The molecule has 3 rings (SSSR count). The van der Waals surface area contributed by atoms with Crippen LogP contribution in [0.25, 0.3) is 16.6 Å². The van der Waals surface area contributed by atoms with Gasteiger partial charge >= 0.3 is 5.97 Å². The monoisotopic (exact) mass is 346 g/mol. The largest absolute Gasteiger partial charge is 0.494 e. The van der Waals surface area contributed by atoms with E-state index in [1.54, 1.807) is 35.9 Å². The normalized spacial score (nSPS) is 10.8. The summed E-state index contributed by atoms with van der Waals surface area (Å²) in [6, 6.07) is 6.78. The van der Waals surface area contributed by atoms with E-state index >= 15 is 0 Å². The van der Waals surface area contributed by atoms with Crippen LogP contribution in [0.15, 0.2) is 30.5 Å². The Bertz CT molecular complexity index is 923. The molecule has 0 saturated heterocycles. The molecule has 0 unspecified atom stereocenters. The van der Waals surface area contributed by atoms with Crippen LogP contribution in [0.1, 0.15) is 17.4 Å². The number of anilines is 1. The molecule has 2 N–H and O–H groups in total. The zero-order valence-electron chi connectivity index (χ0n) is 13.1. The lowest BCUT2D eigenvalue weighted by Crippen LogP contribution is -2.07. The van der Waals surface area contributed by atoms with E-state index in [0.29, 0.717) is 28.0 Å². The molecule has 1 aromatic carbocycles. The molecule has 0 atom stereocenters. The van der Waals surface area contributed by atoms with Gasteiger partial charge in [-0.3, -0.25) is 0 Å². The highest BCUT2D eigenvalue weighted by atomic mass is 35.5. The van der Waals surface area contributed by atoms with Crippen LogP contribution in [0.5, 0.6) is 5.75 Å². The highest BCUT2D eigenvalue weighted by Crippen LogP contribution is 2.30. The van der Waals surface area contributed by atoms with Gasteiger partial charge in [0.05, 0.1) is 24.6 Å². The topological polar surface area (TPSA) is 92.3 Å². The summed E-state index contributed by atoms with van der Waals surface area (Å²) in [7, 11) is 1.53. The van der Waals surface area contributed by atoms with Crippen molar-refractivity contribution in [3.63, 3.8) is 0 Å². The third kappa shape index (κ3) is 2.74. The average molecular weight is 347 g/mol. The summed E-state index contributed by atoms with van der Waals surface area (Å²) in [4.78, 5) is 16.2. The van der Waals surface area contributed by atoms with Gasteiger partial charge in [-0.15, -0.1) is 0 Å². The second kappa shape index (κ2) is 6.37. The number of carbonyl (C=O) groups is 1. The molecule has 2 heterocycles. The number of nitrogens with zero attached hydrogens (tertiary/aromatic N) is 3. The second-order valence-corrected chi connectivity index (χ2v) is 5.32. The standard InChI is InChI=1S/C16H15ClN4O3/c1-3-24-16(22)15-10-8-19-14(17)7-12(10)21(20-15)11-5-4-9(18)6-13(11)23-2/h4-8H,3,18H2,1-2H3. The van der Waals surface area contributed by atoms with Crippen LogP contribution in [0.2, 0.25) is 5.15 Å². The number of benzene rings is 1. The van der Waals surface area contributed by atoms with Gasteiger partial charge in [0.25, 0.3) is 0 Å². The molecular formula is C16H15ClN4O3. The molecule has 0 aliphatic rings. The molecule has 0 fully saturated rings. The van der Waals surface area contributed by atoms with Crippen LogP contribution in [-0.4, -0.2) is 34.5 Å². The molecule has 0 saturated carbocycles. The van der Waals surface area contributed by atoms with Crippen molar-refractivity contribution in [2.75, 3.05) is 19.5 Å². The number of nitrogens with two attached hydrogens (primary N) is 1. The fraction of sp³-hybridized carbons (Fsp3) is 0.188. The predicted molar refractivity (Wildman–Crippen MR) is 90.8 cm³/mol. The first-order chi connectivity index (χ1) is 11.5. The van der Waals surface area contributed by atoms with Gasteiger partial charge in [-0.2, -0.15) is 5.10 Å². The van der Waals surface area contributed by atoms with E-state index in [1.807, 2.05) is 0 Å². The molecule has 24 heavy (non-hydrogen) atoms. The van der Waals surface area contributed by atoms with Gasteiger partial charge in [0.15, 0.2) is 5.69 Å². The number of aromatic nitrogens is 3. The van der Waals surface area contributed by atoms with Gasteiger partial charge in [0, 0.05) is 24.0 Å². The Morgan fingerprint density at radius 1 is 1.38 bits per heavy atom. The summed E-state index contributed by atoms with van der Waals surface area (Å²) < 4.78 is 12.0. The molecule has 0 spiro atoms. The Morgan fingerprint density at radius 2 is 2.17 bits per heavy atom. The number of pyridine rings is 1. The Labute approximate surface area is 142 Å². The third-order valence-corrected chi connectivity index (χ3v) is 3.64. The first-order valence-electron chi connectivity index (χ1n) is 7.20. The minimum atomic E-state index is -0.528. The van der Waals surface area contributed by atoms with Crippen molar-refractivity contribution in [2.24, 2.45) is 0 Å². The molecule has 0 radical (unpaired) electrons. The van der Waals surface area contributed by atoms with Crippen molar-refractivity contribution in [2.45, 2.75) is 6.92 Å². The molecule has 124 valence electrons. The zero-order valence-corrected chi connectivity index (χ0v) is 13.9. The SMILES string of the molecule is CCOC(=O)c1nn(-c2ccc(N)cc2OC)c2cc(Cl)ncc12. The molecule has 7 nitrogen and oxygen atoms in total. The number of hydrogen-bond acceptors (Lipinski definition) is 6. The van der Waals surface area contributed by atoms with E-state index in [4.69, 9.17) is 26.8 Å². The van der Waals surface area contributed by atoms with Gasteiger partial charge in [0.2, 0.25) is 0 Å². The number of fused-ring (bicyclic) bond motifs is 1. The quantitative estimate of drug-likeness (QED) is 0.443. The molecule has 0 aliphatic heterocycles. The van der Waals surface area contributed by atoms with Crippen LogP contribution in [0.4, 0.5) is 5.69 Å². The Morgan fingerprint density at radius 3 is 2.88 bits per heavy atom. The number of ether oxygens (including phenoxy) is 2. The van der Waals surface area contributed by atoms with Gasteiger partial charge < -0.3 is 15.2 Å². The van der Waals surface area contributed by atoms with Crippen molar-refractivity contribution >= 4 is 34.2 Å². The van der Waals surface area contributed by atoms with Crippen LogP contribution in [0.3, 0.4) is 0 Å². The maximum atomic E-state index is 12.2. The highest BCUT2D eigenvalue weighted by Gasteiger charge is 2.21. The summed E-state index contributed by atoms with van der Waals surface area (Å²) in [5, 5.41) is 5.20. The summed E-state index contributed by atoms with van der Waals surface area (Å²) in [6.45, 7) is 1.98. The number of methoxy groups -OCH3 is 1. The Kier molecular flexibility index (Phi) is 4.26. The number of esters is 1.